The van der Waals surface area contributed by atoms with Crippen molar-refractivity contribution in [3.8, 4) is 5.75 Å². The first-order valence-electron chi connectivity index (χ1n) is 7.54. The monoisotopic (exact) mass is 395 g/mol. The van der Waals surface area contributed by atoms with Crippen molar-refractivity contribution in [3.05, 3.63) is 44.3 Å². The molecule has 0 atom stereocenters. The molecule has 8 nitrogen and oxygen atoms in total. The number of methoxy groups -OCH3 is 1. The minimum absolute atomic E-state index is 0.0786. The Balaban J connectivity index is 2.27. The summed E-state index contributed by atoms with van der Waals surface area (Å²) in [5.74, 6) is -0.667. The van der Waals surface area contributed by atoms with Crippen LogP contribution in [-0.2, 0) is 11.2 Å². The minimum Gasteiger partial charge on any atom is -0.506 e. The number of hydrogen-bond acceptors (Lipinski definition) is 7. The summed E-state index contributed by atoms with van der Waals surface area (Å²) in [5.41, 5.74) is 1.17. The van der Waals surface area contributed by atoms with Gasteiger partial charge in [0.2, 0.25) is 0 Å². The van der Waals surface area contributed by atoms with Crippen LogP contribution >= 0.6 is 23.6 Å². The van der Waals surface area contributed by atoms with Crippen molar-refractivity contribution >= 4 is 51.0 Å². The number of nitrogens with zero attached hydrogens (tertiary/aromatic N) is 1. The second kappa shape index (κ2) is 8.11. The molecular weight excluding hydrogens is 378 g/mol. The smallest absolute Gasteiger partial charge is 0.341 e. The van der Waals surface area contributed by atoms with Crippen LogP contribution in [-0.4, -0.2) is 28.2 Å². The number of hydrogen-bond donors (Lipinski definition) is 3. The molecule has 0 amide bonds. The highest BCUT2D eigenvalue weighted by Crippen LogP contribution is 2.34. The number of aryl methyl sites for hydroxylation is 1. The molecule has 2 aromatic rings. The second-order valence-electron chi connectivity index (χ2n) is 5.22. The van der Waals surface area contributed by atoms with E-state index in [0.717, 1.165) is 10.4 Å². The number of thiocarbonyl (C=S) groups is 1. The van der Waals surface area contributed by atoms with Crippen LogP contribution in [0, 0.1) is 17.0 Å². The van der Waals surface area contributed by atoms with Gasteiger partial charge in [0, 0.05) is 17.0 Å². The Morgan fingerprint density at radius 1 is 1.42 bits per heavy atom. The van der Waals surface area contributed by atoms with Crippen LogP contribution in [0.15, 0.2) is 18.2 Å². The lowest BCUT2D eigenvalue weighted by molar-refractivity contribution is -0.384. The van der Waals surface area contributed by atoms with Crippen LogP contribution in [0.25, 0.3) is 0 Å². The first-order chi connectivity index (χ1) is 12.3. The molecule has 1 heterocycles. The molecule has 0 aliphatic carbocycles. The molecule has 138 valence electrons. The van der Waals surface area contributed by atoms with Gasteiger partial charge in [-0.15, -0.1) is 11.3 Å². The van der Waals surface area contributed by atoms with E-state index in [4.69, 9.17) is 17.0 Å². The zero-order valence-corrected chi connectivity index (χ0v) is 15.9. The van der Waals surface area contributed by atoms with Crippen LogP contribution in [0.3, 0.4) is 0 Å². The van der Waals surface area contributed by atoms with Gasteiger partial charge >= 0.3 is 5.97 Å². The van der Waals surface area contributed by atoms with Crippen LogP contribution in [0.1, 0.15) is 27.7 Å². The van der Waals surface area contributed by atoms with Gasteiger partial charge in [-0.1, -0.05) is 6.92 Å². The Kier molecular flexibility index (Phi) is 6.11. The summed E-state index contributed by atoms with van der Waals surface area (Å²) in [6.07, 6.45) is 0.653. The van der Waals surface area contributed by atoms with Crippen LogP contribution in [0.4, 0.5) is 16.4 Å². The number of nitro benzene ring substituents is 1. The summed E-state index contributed by atoms with van der Waals surface area (Å²) < 4.78 is 4.84. The molecular formula is C16H17N3O5S2. The van der Waals surface area contributed by atoms with Gasteiger partial charge in [0.1, 0.15) is 10.8 Å². The zero-order chi connectivity index (χ0) is 19.4. The zero-order valence-electron chi connectivity index (χ0n) is 14.3. The van der Waals surface area contributed by atoms with Crippen molar-refractivity contribution in [1.29, 1.82) is 0 Å². The van der Waals surface area contributed by atoms with E-state index < -0.39 is 10.9 Å². The molecule has 0 fully saturated rings. The maximum atomic E-state index is 12.1. The highest BCUT2D eigenvalue weighted by molar-refractivity contribution is 7.80. The average molecular weight is 395 g/mol. The SMILES string of the molecule is CCc1c(C)sc(NC(=S)Nc2cc([N+](=O)[O-])ccc2O)c1C(=O)OC. The molecule has 26 heavy (non-hydrogen) atoms. The summed E-state index contributed by atoms with van der Waals surface area (Å²) in [4.78, 5) is 23.4. The van der Waals surface area contributed by atoms with E-state index in [1.165, 1.54) is 36.6 Å². The number of thiophene rings is 1. The minimum atomic E-state index is -0.577. The van der Waals surface area contributed by atoms with E-state index in [0.29, 0.717) is 17.0 Å². The van der Waals surface area contributed by atoms with Crippen molar-refractivity contribution < 1.29 is 19.6 Å². The number of aromatic hydroxyl groups is 1. The van der Waals surface area contributed by atoms with Crippen LogP contribution < -0.4 is 10.6 Å². The molecule has 10 heteroatoms. The van der Waals surface area contributed by atoms with Crippen LogP contribution in [0.5, 0.6) is 5.75 Å². The third-order valence-corrected chi connectivity index (χ3v) is 4.89. The van der Waals surface area contributed by atoms with Crippen LogP contribution in [0.2, 0.25) is 0 Å². The summed E-state index contributed by atoms with van der Waals surface area (Å²) in [6, 6.07) is 3.55. The molecule has 0 saturated carbocycles. The third kappa shape index (κ3) is 4.09. The third-order valence-electron chi connectivity index (χ3n) is 3.62. The molecule has 3 N–H and O–H groups in total. The molecule has 0 unspecified atom stereocenters. The number of ether oxygens (including phenoxy) is 1. The van der Waals surface area contributed by atoms with Gasteiger partial charge < -0.3 is 20.5 Å². The predicted molar refractivity (Wildman–Crippen MR) is 104 cm³/mol. The number of nitrogens with one attached hydrogen (secondary N) is 2. The molecule has 0 saturated heterocycles. The highest BCUT2D eigenvalue weighted by atomic mass is 32.1. The molecule has 0 radical (unpaired) electrons. The first-order valence-corrected chi connectivity index (χ1v) is 8.76. The van der Waals surface area contributed by atoms with Crippen molar-refractivity contribution in [2.24, 2.45) is 0 Å². The summed E-state index contributed by atoms with van der Waals surface area (Å²) in [7, 11) is 1.30. The average Bonchev–Trinajstić information content (AvgIpc) is 2.90. The second-order valence-corrected chi connectivity index (χ2v) is 6.86. The number of non-ortho nitro benzene ring substituents is 1. The molecule has 0 aliphatic rings. The number of carbonyl (C=O) groups is 1. The maximum Gasteiger partial charge on any atom is 0.341 e. The van der Waals surface area contributed by atoms with Gasteiger partial charge in [-0.25, -0.2) is 4.79 Å². The normalized spacial score (nSPS) is 10.3. The van der Waals surface area contributed by atoms with Gasteiger partial charge in [-0.3, -0.25) is 10.1 Å². The highest BCUT2D eigenvalue weighted by Gasteiger charge is 2.22. The number of anilines is 2. The van der Waals surface area contributed by atoms with Gasteiger partial charge in [0.25, 0.3) is 5.69 Å². The number of phenols is 1. The molecule has 1 aromatic carbocycles. The van der Waals surface area contributed by atoms with Crippen molar-refractivity contribution in [2.45, 2.75) is 20.3 Å². The van der Waals surface area contributed by atoms with Gasteiger partial charge in [0.05, 0.1) is 23.3 Å². The van der Waals surface area contributed by atoms with E-state index in [9.17, 15) is 20.0 Å². The van der Waals surface area contributed by atoms with Gasteiger partial charge in [0.15, 0.2) is 5.11 Å². The standard InChI is InChI=1S/C16H17N3O5S2/c1-4-10-8(2)26-14(13(10)15(21)24-3)18-16(25)17-11-7-9(19(22)23)5-6-12(11)20/h5-7,20H,4H2,1-3H3,(H2,17,18,25). The number of rotatable bonds is 5. The van der Waals surface area contributed by atoms with E-state index in [-0.39, 0.29) is 22.2 Å². The summed E-state index contributed by atoms with van der Waals surface area (Å²) in [5, 5.41) is 26.9. The topological polar surface area (TPSA) is 114 Å². The van der Waals surface area contributed by atoms with Gasteiger partial charge in [-0.2, -0.15) is 0 Å². The Bertz CT molecular complexity index is 879. The van der Waals surface area contributed by atoms with E-state index in [1.54, 1.807) is 0 Å². The lowest BCUT2D eigenvalue weighted by Crippen LogP contribution is -2.20. The lowest BCUT2D eigenvalue weighted by Gasteiger charge is -2.12. The number of esters is 1. The molecule has 0 bridgehead atoms. The Hall–Kier alpha value is -2.72. The number of phenolic OH excluding ortho intramolecular Hbond substituents is 1. The Morgan fingerprint density at radius 2 is 2.12 bits per heavy atom. The van der Waals surface area contributed by atoms with E-state index >= 15 is 0 Å². The van der Waals surface area contributed by atoms with E-state index in [1.807, 2.05) is 13.8 Å². The molecule has 2 rings (SSSR count). The molecule has 0 spiro atoms. The number of benzene rings is 1. The summed E-state index contributed by atoms with van der Waals surface area (Å²) >= 11 is 6.56. The Labute approximate surface area is 158 Å². The van der Waals surface area contributed by atoms with E-state index in [2.05, 4.69) is 10.6 Å². The number of carbonyl (C=O) groups excluding carboxylic acids is 1. The fourth-order valence-corrected chi connectivity index (χ4v) is 3.82. The molecule has 1 aromatic heterocycles. The Morgan fingerprint density at radius 3 is 2.69 bits per heavy atom. The van der Waals surface area contributed by atoms with Gasteiger partial charge in [-0.05, 0) is 37.2 Å². The van der Waals surface area contributed by atoms with Crippen molar-refractivity contribution in [1.82, 2.24) is 0 Å². The largest absolute Gasteiger partial charge is 0.506 e. The summed E-state index contributed by atoms with van der Waals surface area (Å²) in [6.45, 7) is 3.83. The predicted octanol–water partition coefficient (Wildman–Crippen LogP) is 3.83. The number of nitro groups is 1. The molecule has 0 aliphatic heterocycles. The van der Waals surface area contributed by atoms with Crippen molar-refractivity contribution in [3.63, 3.8) is 0 Å². The first kappa shape index (κ1) is 19.6. The fraction of sp³-hybridized carbons (Fsp3) is 0.250. The quantitative estimate of drug-likeness (QED) is 0.230. The maximum absolute atomic E-state index is 12.1. The fourth-order valence-electron chi connectivity index (χ4n) is 2.40. The lowest BCUT2D eigenvalue weighted by atomic mass is 10.1. The van der Waals surface area contributed by atoms with Crippen molar-refractivity contribution in [2.75, 3.05) is 17.7 Å².